The lowest BCUT2D eigenvalue weighted by atomic mass is 9.74. The highest BCUT2D eigenvalue weighted by Gasteiger charge is 2.40. The predicted molar refractivity (Wildman–Crippen MR) is 86.4 cm³/mol. The minimum atomic E-state index is 0.0186. The van der Waals surface area contributed by atoms with Crippen molar-refractivity contribution in [2.24, 2.45) is 13.0 Å². The zero-order chi connectivity index (χ0) is 15.3. The first-order valence-corrected chi connectivity index (χ1v) is 8.35. The summed E-state index contributed by atoms with van der Waals surface area (Å²) in [6, 6.07) is 0.431. The maximum Gasteiger partial charge on any atom is 0.0831 e. The normalized spacial score (nSPS) is 27.7. The number of rotatable bonds is 7. The van der Waals surface area contributed by atoms with Crippen LogP contribution in [-0.2, 0) is 18.2 Å². The summed E-state index contributed by atoms with van der Waals surface area (Å²) in [5.41, 5.74) is 1.33. The van der Waals surface area contributed by atoms with Crippen LogP contribution in [0.5, 0.6) is 0 Å². The van der Waals surface area contributed by atoms with E-state index in [0.29, 0.717) is 6.04 Å². The number of nitrogens with one attached hydrogen (secondary N) is 1. The number of likely N-dealkylation sites (N-methyl/N-ethyl adjacent to an activating group) is 1. The van der Waals surface area contributed by atoms with Crippen molar-refractivity contribution in [3.05, 3.63) is 18.0 Å². The van der Waals surface area contributed by atoms with E-state index in [1.807, 2.05) is 25.0 Å². The van der Waals surface area contributed by atoms with Crippen LogP contribution in [0.15, 0.2) is 12.4 Å². The van der Waals surface area contributed by atoms with Gasteiger partial charge in [0, 0.05) is 26.4 Å². The molecule has 0 bridgehead atoms. The molecule has 0 aromatic carbocycles. The smallest absolute Gasteiger partial charge is 0.0831 e. The van der Waals surface area contributed by atoms with Gasteiger partial charge in [0.1, 0.15) is 0 Å². The molecule has 1 aliphatic carbocycles. The van der Waals surface area contributed by atoms with E-state index in [9.17, 15) is 0 Å². The molecule has 1 N–H and O–H groups in total. The molecule has 0 aliphatic heterocycles. The second-order valence-corrected chi connectivity index (χ2v) is 6.62. The van der Waals surface area contributed by atoms with Gasteiger partial charge in [-0.05, 0) is 56.6 Å². The number of aryl methyl sites for hydroxylation is 2. The van der Waals surface area contributed by atoms with Gasteiger partial charge in [0.2, 0.25) is 0 Å². The molecule has 2 rings (SSSR count). The van der Waals surface area contributed by atoms with Crippen LogP contribution in [0.3, 0.4) is 0 Å². The molecule has 1 atom stereocenters. The second-order valence-electron chi connectivity index (χ2n) is 6.62. The van der Waals surface area contributed by atoms with Crippen LogP contribution in [0.25, 0.3) is 0 Å². The first kappa shape index (κ1) is 16.5. The molecule has 0 amide bonds. The van der Waals surface area contributed by atoms with Crippen molar-refractivity contribution in [1.82, 2.24) is 15.1 Å². The Labute approximate surface area is 129 Å². The van der Waals surface area contributed by atoms with Crippen molar-refractivity contribution >= 4 is 0 Å². The van der Waals surface area contributed by atoms with Gasteiger partial charge in [-0.3, -0.25) is 4.68 Å². The second kappa shape index (κ2) is 7.41. The number of ether oxygens (including phenoxy) is 1. The summed E-state index contributed by atoms with van der Waals surface area (Å²) in [7, 11) is 3.87. The first-order valence-electron chi connectivity index (χ1n) is 8.35. The Morgan fingerprint density at radius 3 is 2.71 bits per heavy atom. The lowest BCUT2D eigenvalue weighted by Gasteiger charge is -2.44. The molecule has 1 fully saturated rings. The molecular weight excluding hydrogens is 262 g/mol. The Kier molecular flexibility index (Phi) is 5.82. The molecule has 1 heterocycles. The van der Waals surface area contributed by atoms with Crippen LogP contribution in [0, 0.1) is 5.92 Å². The van der Waals surface area contributed by atoms with Crippen LogP contribution in [0.1, 0.15) is 51.5 Å². The fourth-order valence-electron chi connectivity index (χ4n) is 3.66. The Bertz CT molecular complexity index is 421. The van der Waals surface area contributed by atoms with Crippen molar-refractivity contribution in [3.63, 3.8) is 0 Å². The van der Waals surface area contributed by atoms with Crippen LogP contribution < -0.4 is 5.32 Å². The van der Waals surface area contributed by atoms with Gasteiger partial charge < -0.3 is 10.1 Å². The van der Waals surface area contributed by atoms with Crippen LogP contribution in [-0.4, -0.2) is 35.1 Å². The van der Waals surface area contributed by atoms with E-state index < -0.39 is 0 Å². The molecule has 1 aliphatic rings. The zero-order valence-corrected chi connectivity index (χ0v) is 14.1. The highest BCUT2D eigenvalue weighted by atomic mass is 16.5. The fourth-order valence-corrected chi connectivity index (χ4v) is 3.66. The maximum atomic E-state index is 6.05. The third-order valence-corrected chi connectivity index (χ3v) is 5.09. The number of nitrogens with zero attached hydrogens (tertiary/aromatic N) is 2. The maximum absolute atomic E-state index is 6.05. The van der Waals surface area contributed by atoms with E-state index in [4.69, 9.17) is 4.74 Å². The number of hydrogen-bond acceptors (Lipinski definition) is 3. The average Bonchev–Trinajstić information content (AvgIpc) is 2.90. The number of aromatic nitrogens is 2. The molecule has 0 spiro atoms. The summed E-state index contributed by atoms with van der Waals surface area (Å²) in [4.78, 5) is 0. The third kappa shape index (κ3) is 4.07. The summed E-state index contributed by atoms with van der Waals surface area (Å²) in [5, 5.41) is 7.95. The molecule has 1 aromatic heterocycles. The van der Waals surface area contributed by atoms with Crippen molar-refractivity contribution in [2.75, 3.05) is 13.7 Å². The van der Waals surface area contributed by atoms with Gasteiger partial charge in [-0.1, -0.05) is 13.8 Å². The van der Waals surface area contributed by atoms with Gasteiger partial charge in [0.15, 0.2) is 0 Å². The molecule has 21 heavy (non-hydrogen) atoms. The standard InChI is InChI=1S/C17H31N3O/c1-5-18-16(7-6-15-12-19-20(3)13-15)17(21-4)10-8-14(2)9-11-17/h12-14,16,18H,5-11H2,1-4H3. The van der Waals surface area contributed by atoms with Crippen molar-refractivity contribution in [2.45, 2.75) is 64.0 Å². The Hall–Kier alpha value is -0.870. The SMILES string of the molecule is CCNC(CCc1cnn(C)c1)C1(OC)CCC(C)CC1. The third-order valence-electron chi connectivity index (χ3n) is 5.09. The zero-order valence-electron chi connectivity index (χ0n) is 14.1. The summed E-state index contributed by atoms with van der Waals surface area (Å²) in [6.45, 7) is 5.54. The van der Waals surface area contributed by atoms with Gasteiger partial charge in [-0.2, -0.15) is 5.10 Å². The van der Waals surface area contributed by atoms with E-state index in [1.54, 1.807) is 0 Å². The van der Waals surface area contributed by atoms with Gasteiger partial charge in [-0.15, -0.1) is 0 Å². The average molecular weight is 293 g/mol. The van der Waals surface area contributed by atoms with Crippen LogP contribution in [0.2, 0.25) is 0 Å². The fraction of sp³-hybridized carbons (Fsp3) is 0.824. The lowest BCUT2D eigenvalue weighted by Crippen LogP contribution is -2.54. The number of methoxy groups -OCH3 is 1. The topological polar surface area (TPSA) is 39.1 Å². The van der Waals surface area contributed by atoms with Crippen LogP contribution >= 0.6 is 0 Å². The minimum absolute atomic E-state index is 0.0186. The molecular formula is C17H31N3O. The van der Waals surface area contributed by atoms with E-state index in [-0.39, 0.29) is 5.60 Å². The Morgan fingerprint density at radius 2 is 2.19 bits per heavy atom. The number of hydrogen-bond donors (Lipinski definition) is 1. The molecule has 1 unspecified atom stereocenters. The molecule has 1 saturated carbocycles. The van der Waals surface area contributed by atoms with Crippen molar-refractivity contribution in [3.8, 4) is 0 Å². The van der Waals surface area contributed by atoms with E-state index in [0.717, 1.165) is 25.3 Å². The predicted octanol–water partition coefficient (Wildman–Crippen LogP) is 2.93. The van der Waals surface area contributed by atoms with E-state index >= 15 is 0 Å². The molecule has 120 valence electrons. The highest BCUT2D eigenvalue weighted by Crippen LogP contribution is 2.38. The summed E-state index contributed by atoms with van der Waals surface area (Å²) < 4.78 is 7.93. The monoisotopic (exact) mass is 293 g/mol. The summed E-state index contributed by atoms with van der Waals surface area (Å²) in [6.07, 6.45) is 11.2. The molecule has 4 nitrogen and oxygen atoms in total. The van der Waals surface area contributed by atoms with Crippen molar-refractivity contribution < 1.29 is 4.74 Å². The van der Waals surface area contributed by atoms with Gasteiger partial charge in [-0.25, -0.2) is 0 Å². The van der Waals surface area contributed by atoms with E-state index in [2.05, 4.69) is 30.5 Å². The minimum Gasteiger partial charge on any atom is -0.377 e. The van der Waals surface area contributed by atoms with E-state index in [1.165, 1.54) is 31.2 Å². The quantitative estimate of drug-likeness (QED) is 0.840. The molecule has 0 saturated heterocycles. The Balaban J connectivity index is 2.01. The largest absolute Gasteiger partial charge is 0.377 e. The Morgan fingerprint density at radius 1 is 1.48 bits per heavy atom. The summed E-state index contributed by atoms with van der Waals surface area (Å²) >= 11 is 0. The van der Waals surface area contributed by atoms with Crippen LogP contribution in [0.4, 0.5) is 0 Å². The molecule has 4 heteroatoms. The molecule has 0 radical (unpaired) electrons. The lowest BCUT2D eigenvalue weighted by molar-refractivity contribution is -0.0760. The first-order chi connectivity index (χ1) is 10.1. The van der Waals surface area contributed by atoms with Crippen molar-refractivity contribution in [1.29, 1.82) is 0 Å². The summed E-state index contributed by atoms with van der Waals surface area (Å²) in [5.74, 6) is 0.842. The van der Waals surface area contributed by atoms with Gasteiger partial charge >= 0.3 is 0 Å². The molecule has 1 aromatic rings. The van der Waals surface area contributed by atoms with Gasteiger partial charge in [0.25, 0.3) is 0 Å². The highest BCUT2D eigenvalue weighted by molar-refractivity contribution is 5.06. The van der Waals surface area contributed by atoms with Gasteiger partial charge in [0.05, 0.1) is 11.8 Å².